The summed E-state index contributed by atoms with van der Waals surface area (Å²) in [7, 11) is 1.72. The maximum Gasteiger partial charge on any atom is 0.274 e. The molecule has 2 aromatic heterocycles. The fraction of sp³-hybridized carbons (Fsp3) is 0.250. The summed E-state index contributed by atoms with van der Waals surface area (Å²) < 4.78 is 1.51. The number of nitrogens with two attached hydrogens (primary N) is 1. The Balaban J connectivity index is 2.03. The van der Waals surface area contributed by atoms with Gasteiger partial charge in [-0.25, -0.2) is 0 Å². The van der Waals surface area contributed by atoms with Gasteiger partial charge in [0.25, 0.3) is 5.91 Å². The highest BCUT2D eigenvalue weighted by Crippen LogP contribution is 2.07. The summed E-state index contributed by atoms with van der Waals surface area (Å²) >= 11 is 0. The summed E-state index contributed by atoms with van der Waals surface area (Å²) in [6, 6.07) is 5.66. The topological polar surface area (TPSA) is 85.8 Å². The fourth-order valence-electron chi connectivity index (χ4n) is 1.64. The molecule has 0 aliphatic carbocycles. The quantitative estimate of drug-likeness (QED) is 0.830. The molecule has 0 radical (unpaired) electrons. The average molecular weight is 245 g/mol. The predicted octanol–water partition coefficient (Wildman–Crippen LogP) is 0.636. The third kappa shape index (κ3) is 2.65. The van der Waals surface area contributed by atoms with Crippen LogP contribution in [0.4, 0.5) is 5.69 Å². The largest absolute Gasteiger partial charge is 0.396 e. The summed E-state index contributed by atoms with van der Waals surface area (Å²) in [6.45, 7) is 2.26. The van der Waals surface area contributed by atoms with Crippen LogP contribution in [0.1, 0.15) is 21.9 Å². The van der Waals surface area contributed by atoms with Gasteiger partial charge in [0, 0.05) is 18.9 Å². The van der Waals surface area contributed by atoms with Crippen molar-refractivity contribution in [1.82, 2.24) is 20.1 Å². The van der Waals surface area contributed by atoms with Crippen LogP contribution >= 0.6 is 0 Å². The first-order chi connectivity index (χ1) is 8.56. The van der Waals surface area contributed by atoms with Crippen molar-refractivity contribution in [1.29, 1.82) is 0 Å². The van der Waals surface area contributed by atoms with Gasteiger partial charge in [-0.2, -0.15) is 5.10 Å². The Morgan fingerprint density at radius 2 is 2.28 bits per heavy atom. The Labute approximate surface area is 105 Å². The first-order valence-electron chi connectivity index (χ1n) is 5.56. The molecule has 0 spiro atoms. The number of nitrogen functional groups attached to an aromatic ring is 1. The molecule has 2 heterocycles. The number of amides is 1. The Hall–Kier alpha value is -2.37. The predicted molar refractivity (Wildman–Crippen MR) is 67.8 cm³/mol. The number of nitrogens with zero attached hydrogens (tertiary/aromatic N) is 3. The van der Waals surface area contributed by atoms with Crippen LogP contribution < -0.4 is 11.1 Å². The summed E-state index contributed by atoms with van der Waals surface area (Å²) in [6.07, 6.45) is 1.60. The molecule has 0 unspecified atom stereocenters. The van der Waals surface area contributed by atoms with Gasteiger partial charge < -0.3 is 11.1 Å². The summed E-state index contributed by atoms with van der Waals surface area (Å²) in [5, 5.41) is 6.74. The van der Waals surface area contributed by atoms with Gasteiger partial charge in [0.2, 0.25) is 0 Å². The zero-order chi connectivity index (χ0) is 13.1. The standard InChI is InChI=1S/C12H15N5O/c1-8-4-3-5-9(15-8)6-14-12(18)11-10(13)7-17(2)16-11/h3-5,7H,6,13H2,1-2H3,(H,14,18). The highest BCUT2D eigenvalue weighted by Gasteiger charge is 2.13. The zero-order valence-corrected chi connectivity index (χ0v) is 10.3. The molecule has 0 fully saturated rings. The van der Waals surface area contributed by atoms with E-state index in [9.17, 15) is 4.79 Å². The Morgan fingerprint density at radius 3 is 2.89 bits per heavy atom. The second-order valence-corrected chi connectivity index (χ2v) is 4.06. The lowest BCUT2D eigenvalue weighted by Gasteiger charge is -2.04. The van der Waals surface area contributed by atoms with Gasteiger partial charge in [-0.1, -0.05) is 6.07 Å². The smallest absolute Gasteiger partial charge is 0.274 e. The first-order valence-corrected chi connectivity index (χ1v) is 5.56. The van der Waals surface area contributed by atoms with Crippen molar-refractivity contribution in [3.05, 3.63) is 41.5 Å². The number of aryl methyl sites for hydroxylation is 2. The molecule has 0 aliphatic rings. The Kier molecular flexibility index (Phi) is 3.27. The molecule has 0 atom stereocenters. The van der Waals surface area contributed by atoms with E-state index in [0.717, 1.165) is 11.4 Å². The van der Waals surface area contributed by atoms with Gasteiger partial charge in [0.05, 0.1) is 17.9 Å². The number of anilines is 1. The van der Waals surface area contributed by atoms with E-state index in [1.165, 1.54) is 4.68 Å². The minimum Gasteiger partial charge on any atom is -0.396 e. The van der Waals surface area contributed by atoms with Crippen LogP contribution in [0.5, 0.6) is 0 Å². The van der Waals surface area contributed by atoms with Crippen molar-refractivity contribution in [2.45, 2.75) is 13.5 Å². The molecule has 3 N–H and O–H groups in total. The number of nitrogens with one attached hydrogen (secondary N) is 1. The molecule has 0 aliphatic heterocycles. The van der Waals surface area contributed by atoms with E-state index < -0.39 is 0 Å². The minimum absolute atomic E-state index is 0.241. The monoisotopic (exact) mass is 245 g/mol. The maximum atomic E-state index is 11.8. The number of aromatic nitrogens is 3. The van der Waals surface area contributed by atoms with Gasteiger partial charge >= 0.3 is 0 Å². The number of carbonyl (C=O) groups excluding carboxylic acids is 1. The molecule has 2 rings (SSSR count). The van der Waals surface area contributed by atoms with E-state index in [1.807, 2.05) is 25.1 Å². The van der Waals surface area contributed by atoms with E-state index in [2.05, 4.69) is 15.4 Å². The van der Waals surface area contributed by atoms with Crippen LogP contribution in [-0.4, -0.2) is 20.7 Å². The highest BCUT2D eigenvalue weighted by molar-refractivity contribution is 5.96. The Morgan fingerprint density at radius 1 is 1.50 bits per heavy atom. The summed E-state index contributed by atoms with van der Waals surface area (Å²) in [5.74, 6) is -0.295. The average Bonchev–Trinajstić information content (AvgIpc) is 2.66. The second-order valence-electron chi connectivity index (χ2n) is 4.06. The third-order valence-corrected chi connectivity index (χ3v) is 2.45. The molecule has 0 aromatic carbocycles. The zero-order valence-electron chi connectivity index (χ0n) is 10.3. The van der Waals surface area contributed by atoms with Crippen molar-refractivity contribution in [3.8, 4) is 0 Å². The van der Waals surface area contributed by atoms with Crippen LogP contribution in [0, 0.1) is 6.92 Å². The SMILES string of the molecule is Cc1cccc(CNC(=O)c2nn(C)cc2N)n1. The molecule has 6 nitrogen and oxygen atoms in total. The molecule has 94 valence electrons. The van der Waals surface area contributed by atoms with Gasteiger partial charge in [-0.05, 0) is 19.1 Å². The molecule has 1 amide bonds. The molecule has 6 heteroatoms. The van der Waals surface area contributed by atoms with Crippen LogP contribution in [0.15, 0.2) is 24.4 Å². The van der Waals surface area contributed by atoms with Gasteiger partial charge in [-0.15, -0.1) is 0 Å². The maximum absolute atomic E-state index is 11.8. The number of carbonyl (C=O) groups is 1. The molecule has 18 heavy (non-hydrogen) atoms. The second kappa shape index (κ2) is 4.87. The lowest BCUT2D eigenvalue weighted by atomic mass is 10.3. The minimum atomic E-state index is -0.295. The number of hydrogen-bond acceptors (Lipinski definition) is 4. The van der Waals surface area contributed by atoms with E-state index in [-0.39, 0.29) is 11.6 Å². The van der Waals surface area contributed by atoms with E-state index >= 15 is 0 Å². The first kappa shape index (κ1) is 12.1. The van der Waals surface area contributed by atoms with Gasteiger partial charge in [0.15, 0.2) is 5.69 Å². The van der Waals surface area contributed by atoms with Crippen LogP contribution in [0.3, 0.4) is 0 Å². The van der Waals surface area contributed by atoms with Crippen molar-refractivity contribution >= 4 is 11.6 Å². The van der Waals surface area contributed by atoms with E-state index in [0.29, 0.717) is 12.2 Å². The lowest BCUT2D eigenvalue weighted by Crippen LogP contribution is -2.24. The van der Waals surface area contributed by atoms with E-state index in [4.69, 9.17) is 5.73 Å². The molecular weight excluding hydrogens is 230 g/mol. The normalized spacial score (nSPS) is 10.3. The summed E-state index contributed by atoms with van der Waals surface area (Å²) in [4.78, 5) is 16.1. The summed E-state index contributed by atoms with van der Waals surface area (Å²) in [5.41, 5.74) is 8.00. The number of pyridine rings is 1. The third-order valence-electron chi connectivity index (χ3n) is 2.45. The molecular formula is C12H15N5O. The highest BCUT2D eigenvalue weighted by atomic mass is 16.2. The molecule has 0 bridgehead atoms. The fourth-order valence-corrected chi connectivity index (χ4v) is 1.64. The van der Waals surface area contributed by atoms with E-state index in [1.54, 1.807) is 13.2 Å². The number of rotatable bonds is 3. The van der Waals surface area contributed by atoms with Crippen molar-refractivity contribution in [3.63, 3.8) is 0 Å². The van der Waals surface area contributed by atoms with Gasteiger partial charge in [-0.3, -0.25) is 14.5 Å². The molecule has 2 aromatic rings. The van der Waals surface area contributed by atoms with Gasteiger partial charge in [0.1, 0.15) is 0 Å². The van der Waals surface area contributed by atoms with Crippen molar-refractivity contribution in [2.24, 2.45) is 7.05 Å². The van der Waals surface area contributed by atoms with Crippen LogP contribution in [-0.2, 0) is 13.6 Å². The van der Waals surface area contributed by atoms with Crippen molar-refractivity contribution in [2.75, 3.05) is 5.73 Å². The number of hydrogen-bond donors (Lipinski definition) is 2. The molecule has 0 saturated carbocycles. The Bertz CT molecular complexity index is 576. The molecule has 0 saturated heterocycles. The van der Waals surface area contributed by atoms with Crippen LogP contribution in [0.25, 0.3) is 0 Å². The van der Waals surface area contributed by atoms with Crippen LogP contribution in [0.2, 0.25) is 0 Å². The van der Waals surface area contributed by atoms with Crippen molar-refractivity contribution < 1.29 is 4.79 Å². The lowest BCUT2D eigenvalue weighted by molar-refractivity contribution is 0.0945.